The van der Waals surface area contributed by atoms with Gasteiger partial charge in [0.1, 0.15) is 5.69 Å². The maximum Gasteiger partial charge on any atom is 0.272 e. The maximum absolute atomic E-state index is 12.3. The third-order valence-electron chi connectivity index (χ3n) is 3.44. The minimum Gasteiger partial charge on any atom is -0.344 e. The van der Waals surface area contributed by atoms with Gasteiger partial charge in [0.05, 0.1) is 4.90 Å². The molecule has 0 atom stereocenters. The number of carbonyl (C=O) groups is 1. The smallest absolute Gasteiger partial charge is 0.272 e. The number of carbonyl (C=O) groups excluding carboxylic acids is 1. The highest BCUT2D eigenvalue weighted by Crippen LogP contribution is 2.16. The predicted octanol–water partition coefficient (Wildman–Crippen LogP) is 0.823. The Morgan fingerprint density at radius 2 is 2.00 bits per heavy atom. The third-order valence-corrected chi connectivity index (χ3v) is 4.90. The Balaban J connectivity index is 2.20. The van der Waals surface area contributed by atoms with E-state index >= 15 is 0 Å². The topological polar surface area (TPSA) is 106 Å². The maximum atomic E-state index is 12.3. The third kappa shape index (κ3) is 3.98. The van der Waals surface area contributed by atoms with Crippen molar-refractivity contribution < 1.29 is 13.2 Å². The van der Waals surface area contributed by atoms with Crippen LogP contribution >= 0.6 is 0 Å². The second-order valence-corrected chi connectivity index (χ2v) is 6.85. The average Bonchev–Trinajstić information content (AvgIpc) is 2.85. The van der Waals surface area contributed by atoms with E-state index in [1.165, 1.54) is 12.1 Å². The lowest BCUT2D eigenvalue weighted by Crippen LogP contribution is -2.29. The molecule has 0 fully saturated rings. The summed E-state index contributed by atoms with van der Waals surface area (Å²) in [6.07, 6.45) is 0. The molecule has 7 nitrogen and oxygen atoms in total. The molecule has 0 saturated carbocycles. The summed E-state index contributed by atoms with van der Waals surface area (Å²) in [5.41, 5.74) is 7.16. The van der Waals surface area contributed by atoms with E-state index < -0.39 is 10.0 Å². The van der Waals surface area contributed by atoms with Gasteiger partial charge in [-0.25, -0.2) is 13.1 Å². The van der Waals surface area contributed by atoms with Crippen molar-refractivity contribution in [3.8, 4) is 0 Å². The van der Waals surface area contributed by atoms with Crippen LogP contribution in [0, 0.1) is 6.92 Å². The van der Waals surface area contributed by atoms with Gasteiger partial charge in [-0.1, -0.05) is 6.07 Å². The number of hydrogen-bond acceptors (Lipinski definition) is 4. The minimum atomic E-state index is -3.64. The summed E-state index contributed by atoms with van der Waals surface area (Å²) in [5.74, 6) is -0.301. The molecule has 0 aliphatic rings. The van der Waals surface area contributed by atoms with Gasteiger partial charge in [-0.05, 0) is 37.3 Å². The van der Waals surface area contributed by atoms with Crippen LogP contribution in [0.2, 0.25) is 0 Å². The molecule has 1 aromatic carbocycles. The number of nitrogens with two attached hydrogens (primary N) is 1. The van der Waals surface area contributed by atoms with E-state index in [1.807, 2.05) is 13.0 Å². The molecule has 1 amide bonds. The molecule has 1 heterocycles. The van der Waals surface area contributed by atoms with Crippen molar-refractivity contribution in [1.82, 2.24) is 9.29 Å². The van der Waals surface area contributed by atoms with Gasteiger partial charge in [0.15, 0.2) is 0 Å². The number of sulfonamides is 1. The van der Waals surface area contributed by atoms with Crippen LogP contribution in [0.15, 0.2) is 41.3 Å². The van der Waals surface area contributed by atoms with Crippen LogP contribution in [0.1, 0.15) is 16.2 Å². The molecule has 0 spiro atoms. The number of anilines is 1. The fraction of sp³-hybridized carbons (Fsp3) is 0.267. The highest BCUT2D eigenvalue weighted by molar-refractivity contribution is 7.89. The molecular weight excluding hydrogens is 316 g/mol. The average molecular weight is 336 g/mol. The van der Waals surface area contributed by atoms with Crippen molar-refractivity contribution in [2.45, 2.75) is 11.8 Å². The lowest BCUT2D eigenvalue weighted by atomic mass is 10.3. The molecule has 0 saturated heterocycles. The van der Waals surface area contributed by atoms with Gasteiger partial charge in [-0.3, -0.25) is 4.79 Å². The summed E-state index contributed by atoms with van der Waals surface area (Å²) in [7, 11) is -1.84. The van der Waals surface area contributed by atoms with Gasteiger partial charge in [0.25, 0.3) is 5.91 Å². The Bertz CT molecular complexity index is 812. The predicted molar refractivity (Wildman–Crippen MR) is 88.8 cm³/mol. The van der Waals surface area contributed by atoms with Crippen molar-refractivity contribution >= 4 is 21.6 Å². The van der Waals surface area contributed by atoms with Gasteiger partial charge in [0.2, 0.25) is 10.0 Å². The first kappa shape index (κ1) is 17.2. The second-order valence-electron chi connectivity index (χ2n) is 5.09. The van der Waals surface area contributed by atoms with E-state index in [1.54, 1.807) is 29.8 Å². The van der Waals surface area contributed by atoms with Crippen LogP contribution in [0.5, 0.6) is 0 Å². The zero-order chi connectivity index (χ0) is 17.0. The lowest BCUT2D eigenvalue weighted by molar-refractivity contribution is 0.101. The van der Waals surface area contributed by atoms with Crippen LogP contribution < -0.4 is 15.8 Å². The minimum absolute atomic E-state index is 0.0758. The van der Waals surface area contributed by atoms with Gasteiger partial charge >= 0.3 is 0 Å². The summed E-state index contributed by atoms with van der Waals surface area (Å²) in [5, 5.41) is 2.70. The van der Waals surface area contributed by atoms with E-state index in [-0.39, 0.29) is 23.9 Å². The van der Waals surface area contributed by atoms with Gasteiger partial charge < -0.3 is 15.6 Å². The lowest BCUT2D eigenvalue weighted by Gasteiger charge is -2.10. The number of aromatic nitrogens is 1. The fourth-order valence-corrected chi connectivity index (χ4v) is 3.15. The van der Waals surface area contributed by atoms with Crippen LogP contribution in [-0.4, -0.2) is 32.0 Å². The zero-order valence-electron chi connectivity index (χ0n) is 13.0. The first-order valence-electron chi connectivity index (χ1n) is 7.08. The van der Waals surface area contributed by atoms with Crippen LogP contribution in [0.3, 0.4) is 0 Å². The zero-order valence-corrected chi connectivity index (χ0v) is 13.9. The molecular formula is C15H20N4O3S. The number of benzene rings is 1. The number of nitrogens with one attached hydrogen (secondary N) is 2. The number of nitrogens with zero attached hydrogens (tertiary/aromatic N) is 1. The molecule has 0 aliphatic heterocycles. The Labute approximate surface area is 135 Å². The Morgan fingerprint density at radius 3 is 2.61 bits per heavy atom. The SMILES string of the molecule is Cc1ccc(C(=O)Nc2cccc(S(=O)(=O)NCCN)c2)n1C. The first-order chi connectivity index (χ1) is 10.8. The van der Waals surface area contributed by atoms with E-state index in [4.69, 9.17) is 5.73 Å². The molecule has 0 unspecified atom stereocenters. The summed E-state index contributed by atoms with van der Waals surface area (Å²) in [6.45, 7) is 2.26. The van der Waals surface area contributed by atoms with E-state index in [0.717, 1.165) is 5.69 Å². The molecule has 0 radical (unpaired) electrons. The molecule has 4 N–H and O–H groups in total. The van der Waals surface area contributed by atoms with Crippen molar-refractivity contribution in [3.05, 3.63) is 47.8 Å². The Morgan fingerprint density at radius 1 is 1.26 bits per heavy atom. The molecule has 2 rings (SSSR count). The van der Waals surface area contributed by atoms with E-state index in [9.17, 15) is 13.2 Å². The largest absolute Gasteiger partial charge is 0.344 e. The number of hydrogen-bond donors (Lipinski definition) is 3. The normalized spacial score (nSPS) is 11.4. The standard InChI is InChI=1S/C15H20N4O3S/c1-11-6-7-14(19(11)2)15(20)18-12-4-3-5-13(10-12)23(21,22)17-9-8-16/h3-7,10,17H,8-9,16H2,1-2H3,(H,18,20). The summed E-state index contributed by atoms with van der Waals surface area (Å²) in [6, 6.07) is 9.63. The Hall–Kier alpha value is -2.16. The summed E-state index contributed by atoms with van der Waals surface area (Å²) < 4.78 is 28.3. The number of aryl methyl sites for hydroxylation is 1. The van der Waals surface area contributed by atoms with Crippen molar-refractivity contribution in [2.75, 3.05) is 18.4 Å². The van der Waals surface area contributed by atoms with Gasteiger partial charge in [-0.2, -0.15) is 0 Å². The van der Waals surface area contributed by atoms with Crippen molar-refractivity contribution in [1.29, 1.82) is 0 Å². The van der Waals surface area contributed by atoms with Crippen molar-refractivity contribution in [2.24, 2.45) is 12.8 Å². The summed E-state index contributed by atoms with van der Waals surface area (Å²) in [4.78, 5) is 12.3. The van der Waals surface area contributed by atoms with Gasteiger partial charge in [0, 0.05) is 31.5 Å². The number of rotatable bonds is 6. The molecule has 0 bridgehead atoms. The molecule has 23 heavy (non-hydrogen) atoms. The van der Waals surface area contributed by atoms with Crippen molar-refractivity contribution in [3.63, 3.8) is 0 Å². The molecule has 1 aromatic heterocycles. The van der Waals surface area contributed by atoms with Gasteiger partial charge in [-0.15, -0.1) is 0 Å². The highest BCUT2D eigenvalue weighted by atomic mass is 32.2. The molecule has 0 aliphatic carbocycles. The monoisotopic (exact) mass is 336 g/mol. The Kier molecular flexibility index (Phi) is 5.19. The fourth-order valence-electron chi connectivity index (χ4n) is 2.05. The number of amides is 1. The molecule has 2 aromatic rings. The van der Waals surface area contributed by atoms with Crippen LogP contribution in [0.25, 0.3) is 0 Å². The van der Waals surface area contributed by atoms with Crippen LogP contribution in [0.4, 0.5) is 5.69 Å². The van der Waals surface area contributed by atoms with Crippen LogP contribution in [-0.2, 0) is 17.1 Å². The quantitative estimate of drug-likeness (QED) is 0.726. The molecule has 8 heteroatoms. The van der Waals surface area contributed by atoms with E-state index in [2.05, 4.69) is 10.0 Å². The molecule has 124 valence electrons. The summed E-state index contributed by atoms with van der Waals surface area (Å²) >= 11 is 0. The second kappa shape index (κ2) is 6.95. The van der Waals surface area contributed by atoms with E-state index in [0.29, 0.717) is 11.4 Å². The first-order valence-corrected chi connectivity index (χ1v) is 8.57. The highest BCUT2D eigenvalue weighted by Gasteiger charge is 2.15.